The lowest BCUT2D eigenvalue weighted by molar-refractivity contribution is 0.00707. The Morgan fingerprint density at radius 1 is 0.921 bits per heavy atom. The van der Waals surface area contributed by atoms with Crippen LogP contribution in [0, 0.1) is 0 Å². The molecule has 7 nitrogen and oxygen atoms in total. The number of hydrogen-bond donors (Lipinski definition) is 2. The van der Waals surface area contributed by atoms with Gasteiger partial charge in [-0.1, -0.05) is 36.4 Å². The quantitative estimate of drug-likeness (QED) is 0.404. The second-order valence-corrected chi connectivity index (χ2v) is 11.0. The Morgan fingerprint density at radius 3 is 2.24 bits per heavy atom. The van der Waals surface area contributed by atoms with Gasteiger partial charge in [-0.05, 0) is 89.2 Å². The van der Waals surface area contributed by atoms with Crippen LogP contribution in [0.15, 0.2) is 66.7 Å². The van der Waals surface area contributed by atoms with E-state index in [2.05, 4.69) is 29.2 Å². The summed E-state index contributed by atoms with van der Waals surface area (Å²) in [6.07, 6.45) is 2.06. The fourth-order valence-corrected chi connectivity index (χ4v) is 4.70. The molecule has 0 aliphatic carbocycles. The van der Waals surface area contributed by atoms with Crippen molar-refractivity contribution in [2.75, 3.05) is 37.4 Å². The van der Waals surface area contributed by atoms with E-state index in [9.17, 15) is 14.7 Å². The Bertz CT molecular complexity index is 1290. The lowest BCUT2D eigenvalue weighted by Gasteiger charge is -2.36. The smallest absolute Gasteiger partial charge is 0.340 e. The zero-order valence-corrected chi connectivity index (χ0v) is 22.8. The van der Waals surface area contributed by atoms with Crippen LogP contribution in [-0.2, 0) is 4.74 Å². The SMILES string of the molecule is CN(C)C1CCN(c2ccc(O)c(C(=O)Nc3cc(-c4ccccc4)ccc3C(=O)OC(C)(C)C)c2)CC1. The zero-order chi connectivity index (χ0) is 27.4. The molecule has 0 aromatic heterocycles. The number of phenolic OH excluding ortho intramolecular Hbond substituents is 1. The molecule has 1 heterocycles. The predicted octanol–water partition coefficient (Wildman–Crippen LogP) is 5.80. The van der Waals surface area contributed by atoms with Crippen LogP contribution in [0.5, 0.6) is 5.75 Å². The molecule has 0 radical (unpaired) electrons. The third-order valence-electron chi connectivity index (χ3n) is 6.78. The van der Waals surface area contributed by atoms with Gasteiger partial charge < -0.3 is 25.0 Å². The van der Waals surface area contributed by atoms with Crippen LogP contribution >= 0.6 is 0 Å². The van der Waals surface area contributed by atoms with Gasteiger partial charge in [0.2, 0.25) is 0 Å². The van der Waals surface area contributed by atoms with E-state index in [1.165, 1.54) is 0 Å². The van der Waals surface area contributed by atoms with E-state index < -0.39 is 17.5 Å². The van der Waals surface area contributed by atoms with Gasteiger partial charge in [0.25, 0.3) is 5.91 Å². The second-order valence-electron chi connectivity index (χ2n) is 11.0. The van der Waals surface area contributed by atoms with Crippen molar-refractivity contribution < 1.29 is 19.4 Å². The number of piperidine rings is 1. The van der Waals surface area contributed by atoms with Crippen LogP contribution in [-0.4, -0.2) is 60.7 Å². The summed E-state index contributed by atoms with van der Waals surface area (Å²) >= 11 is 0. The molecule has 200 valence electrons. The van der Waals surface area contributed by atoms with E-state index in [0.717, 1.165) is 42.7 Å². The van der Waals surface area contributed by atoms with Crippen LogP contribution in [0.1, 0.15) is 54.3 Å². The summed E-state index contributed by atoms with van der Waals surface area (Å²) in [7, 11) is 4.20. The molecule has 0 saturated carbocycles. The molecule has 0 unspecified atom stereocenters. The molecule has 7 heteroatoms. The Hall–Kier alpha value is -3.84. The molecular formula is C31H37N3O4. The summed E-state index contributed by atoms with van der Waals surface area (Å²) in [6, 6.07) is 20.6. The fourth-order valence-electron chi connectivity index (χ4n) is 4.70. The number of nitrogens with one attached hydrogen (secondary N) is 1. The highest BCUT2D eigenvalue weighted by Gasteiger charge is 2.25. The topological polar surface area (TPSA) is 82.1 Å². The standard InChI is InChI=1S/C31H37N3O4/c1-31(2,3)38-30(37)25-13-11-22(21-9-7-6-8-10-21)19-27(25)32-29(36)26-20-24(12-14-28(26)35)34-17-15-23(16-18-34)33(4)5/h6-14,19-20,23,35H,15-18H2,1-5H3,(H,32,36). The first-order chi connectivity index (χ1) is 18.0. The first-order valence-electron chi connectivity index (χ1n) is 13.0. The highest BCUT2D eigenvalue weighted by Crippen LogP contribution is 2.31. The van der Waals surface area contributed by atoms with E-state index in [1.807, 2.05) is 42.5 Å². The van der Waals surface area contributed by atoms with Gasteiger partial charge in [-0.3, -0.25) is 4.79 Å². The molecule has 3 aromatic rings. The summed E-state index contributed by atoms with van der Waals surface area (Å²) in [4.78, 5) is 31.0. The van der Waals surface area contributed by atoms with Gasteiger partial charge in [-0.2, -0.15) is 0 Å². The highest BCUT2D eigenvalue weighted by molar-refractivity contribution is 6.10. The maximum Gasteiger partial charge on any atom is 0.340 e. The number of phenols is 1. The van der Waals surface area contributed by atoms with Crippen molar-refractivity contribution in [1.29, 1.82) is 0 Å². The number of carbonyl (C=O) groups is 2. The number of benzene rings is 3. The van der Waals surface area contributed by atoms with Crippen LogP contribution in [0.25, 0.3) is 11.1 Å². The molecule has 2 N–H and O–H groups in total. The summed E-state index contributed by atoms with van der Waals surface area (Å²) < 4.78 is 5.60. The normalized spacial score (nSPS) is 14.4. The van der Waals surface area contributed by atoms with E-state index in [0.29, 0.717) is 11.7 Å². The number of anilines is 2. The molecule has 1 fully saturated rings. The highest BCUT2D eigenvalue weighted by atomic mass is 16.6. The molecule has 1 aliphatic heterocycles. The monoisotopic (exact) mass is 515 g/mol. The van der Waals surface area contributed by atoms with Gasteiger partial charge >= 0.3 is 5.97 Å². The van der Waals surface area contributed by atoms with E-state index in [4.69, 9.17) is 4.74 Å². The maximum absolute atomic E-state index is 13.5. The molecule has 0 atom stereocenters. The summed E-state index contributed by atoms with van der Waals surface area (Å²) in [5.74, 6) is -1.15. The zero-order valence-electron chi connectivity index (χ0n) is 22.8. The Kier molecular flexibility index (Phi) is 8.07. The minimum Gasteiger partial charge on any atom is -0.507 e. The molecular weight excluding hydrogens is 478 g/mol. The van der Waals surface area contributed by atoms with Gasteiger partial charge in [0.1, 0.15) is 11.4 Å². The van der Waals surface area contributed by atoms with Crippen molar-refractivity contribution in [1.82, 2.24) is 4.90 Å². The second kappa shape index (κ2) is 11.3. The lowest BCUT2D eigenvalue weighted by Crippen LogP contribution is -2.42. The third kappa shape index (κ3) is 6.53. The van der Waals surface area contributed by atoms with Crippen molar-refractivity contribution in [3.63, 3.8) is 0 Å². The molecule has 0 bridgehead atoms. The first kappa shape index (κ1) is 27.2. The van der Waals surface area contributed by atoms with Crippen LogP contribution < -0.4 is 10.2 Å². The van der Waals surface area contributed by atoms with Crippen molar-refractivity contribution in [3.8, 4) is 16.9 Å². The van der Waals surface area contributed by atoms with Crippen LogP contribution in [0.4, 0.5) is 11.4 Å². The number of amides is 1. The lowest BCUT2D eigenvalue weighted by atomic mass is 10.0. The molecule has 38 heavy (non-hydrogen) atoms. The Labute approximate surface area is 225 Å². The van der Waals surface area contributed by atoms with E-state index in [1.54, 1.807) is 45.0 Å². The van der Waals surface area contributed by atoms with Gasteiger partial charge in [0.15, 0.2) is 0 Å². The minimum atomic E-state index is -0.691. The Morgan fingerprint density at radius 2 is 1.61 bits per heavy atom. The van der Waals surface area contributed by atoms with Crippen molar-refractivity contribution >= 4 is 23.3 Å². The average Bonchev–Trinajstić information content (AvgIpc) is 2.88. The minimum absolute atomic E-state index is 0.118. The average molecular weight is 516 g/mol. The molecule has 0 spiro atoms. The third-order valence-corrected chi connectivity index (χ3v) is 6.78. The molecule has 1 amide bonds. The van der Waals surface area contributed by atoms with Crippen LogP contribution in [0.2, 0.25) is 0 Å². The van der Waals surface area contributed by atoms with Crippen molar-refractivity contribution in [2.45, 2.75) is 45.3 Å². The summed E-state index contributed by atoms with van der Waals surface area (Å²) in [5.41, 5.74) is 2.70. The van der Waals surface area contributed by atoms with Crippen molar-refractivity contribution in [3.05, 3.63) is 77.9 Å². The number of nitrogens with zero attached hydrogens (tertiary/aromatic N) is 2. The number of ether oxygens (including phenoxy) is 1. The summed E-state index contributed by atoms with van der Waals surface area (Å²) in [6.45, 7) is 7.14. The number of aromatic hydroxyl groups is 1. The first-order valence-corrected chi connectivity index (χ1v) is 13.0. The van der Waals surface area contributed by atoms with E-state index in [-0.39, 0.29) is 16.9 Å². The maximum atomic E-state index is 13.5. The summed E-state index contributed by atoms with van der Waals surface area (Å²) in [5, 5.41) is 13.5. The predicted molar refractivity (Wildman–Crippen MR) is 152 cm³/mol. The molecule has 4 rings (SSSR count). The van der Waals surface area contributed by atoms with Crippen molar-refractivity contribution in [2.24, 2.45) is 0 Å². The van der Waals surface area contributed by atoms with Crippen LogP contribution in [0.3, 0.4) is 0 Å². The molecule has 1 saturated heterocycles. The van der Waals surface area contributed by atoms with Gasteiger partial charge in [0, 0.05) is 24.8 Å². The molecule has 3 aromatic carbocycles. The fraction of sp³-hybridized carbons (Fsp3) is 0.355. The number of esters is 1. The van der Waals surface area contributed by atoms with E-state index >= 15 is 0 Å². The number of rotatable bonds is 6. The van der Waals surface area contributed by atoms with Gasteiger partial charge in [-0.25, -0.2) is 4.79 Å². The van der Waals surface area contributed by atoms with Gasteiger partial charge in [-0.15, -0.1) is 0 Å². The van der Waals surface area contributed by atoms with Gasteiger partial charge in [0.05, 0.1) is 16.8 Å². The Balaban J connectivity index is 1.63. The number of carbonyl (C=O) groups excluding carboxylic acids is 2. The largest absolute Gasteiger partial charge is 0.507 e. The number of hydrogen-bond acceptors (Lipinski definition) is 6. The molecule has 1 aliphatic rings.